The molecule has 0 spiro atoms. The summed E-state index contributed by atoms with van der Waals surface area (Å²) in [6.45, 7) is -2.47. The van der Waals surface area contributed by atoms with Crippen molar-refractivity contribution < 1.29 is 23.4 Å². The molecule has 1 atom stereocenters. The van der Waals surface area contributed by atoms with Crippen LogP contribution >= 0.6 is 11.6 Å². The van der Waals surface area contributed by atoms with E-state index in [0.717, 1.165) is 12.8 Å². The van der Waals surface area contributed by atoms with Crippen LogP contribution < -0.4 is 10.1 Å². The molecule has 1 heterocycles. The lowest BCUT2D eigenvalue weighted by molar-refractivity contribution is -0.0504. The molecule has 2 N–H and O–H groups in total. The van der Waals surface area contributed by atoms with Crippen molar-refractivity contribution in [2.45, 2.75) is 32.0 Å². The zero-order valence-corrected chi connectivity index (χ0v) is 12.5. The lowest BCUT2D eigenvalue weighted by Gasteiger charge is -2.23. The lowest BCUT2D eigenvalue weighted by Crippen LogP contribution is -2.43. The quantitative estimate of drug-likeness (QED) is 0.870. The van der Waals surface area contributed by atoms with E-state index in [1.807, 2.05) is 0 Å². The monoisotopic (exact) mass is 334 g/mol. The molecule has 2 rings (SSSR count). The predicted molar refractivity (Wildman–Crippen MR) is 77.1 cm³/mol. The summed E-state index contributed by atoms with van der Waals surface area (Å²) in [6, 6.07) is 3.69. The maximum atomic E-state index is 12.4. The standard InChI is InChI=1S/C14H17ClF2N2O3/c15-10-3-4-12(22-13(16)17)9(6-10)7-18-14(21)19-5-1-2-11(19)8-20/h3-4,6,11,13,20H,1-2,5,7-8H2,(H,18,21)/t11-/m0/s1. The van der Waals surface area contributed by atoms with Crippen molar-refractivity contribution in [2.75, 3.05) is 13.2 Å². The highest BCUT2D eigenvalue weighted by Crippen LogP contribution is 2.25. The molecule has 0 saturated carbocycles. The molecule has 0 radical (unpaired) electrons. The summed E-state index contributed by atoms with van der Waals surface area (Å²) in [4.78, 5) is 13.6. The molecule has 1 aromatic rings. The lowest BCUT2D eigenvalue weighted by atomic mass is 10.2. The van der Waals surface area contributed by atoms with Gasteiger partial charge in [-0.25, -0.2) is 4.79 Å². The highest BCUT2D eigenvalue weighted by molar-refractivity contribution is 6.30. The first-order chi connectivity index (χ1) is 10.5. The van der Waals surface area contributed by atoms with Gasteiger partial charge in [0, 0.05) is 23.7 Å². The molecule has 1 fully saturated rings. The number of amides is 2. The number of alkyl halides is 2. The normalized spacial score (nSPS) is 17.9. The smallest absolute Gasteiger partial charge is 0.387 e. The van der Waals surface area contributed by atoms with Gasteiger partial charge < -0.3 is 20.1 Å². The molecule has 1 saturated heterocycles. The maximum Gasteiger partial charge on any atom is 0.387 e. The van der Waals surface area contributed by atoms with Gasteiger partial charge in [0.05, 0.1) is 12.6 Å². The number of carbonyl (C=O) groups is 1. The van der Waals surface area contributed by atoms with Crippen molar-refractivity contribution in [1.29, 1.82) is 0 Å². The summed E-state index contributed by atoms with van der Waals surface area (Å²) < 4.78 is 29.1. The number of hydrogen-bond acceptors (Lipinski definition) is 3. The van der Waals surface area contributed by atoms with E-state index in [1.54, 1.807) is 0 Å². The van der Waals surface area contributed by atoms with Gasteiger partial charge in [-0.2, -0.15) is 8.78 Å². The van der Waals surface area contributed by atoms with Gasteiger partial charge in [-0.05, 0) is 31.0 Å². The molecule has 22 heavy (non-hydrogen) atoms. The van der Waals surface area contributed by atoms with E-state index >= 15 is 0 Å². The number of urea groups is 1. The van der Waals surface area contributed by atoms with Gasteiger partial charge in [0.25, 0.3) is 0 Å². The minimum Gasteiger partial charge on any atom is -0.434 e. The summed E-state index contributed by atoms with van der Waals surface area (Å²) >= 11 is 5.84. The SMILES string of the molecule is O=C(NCc1cc(Cl)ccc1OC(F)F)N1CCC[C@H]1CO. The molecule has 2 amide bonds. The number of rotatable bonds is 5. The summed E-state index contributed by atoms with van der Waals surface area (Å²) in [7, 11) is 0. The summed E-state index contributed by atoms with van der Waals surface area (Å²) in [5.74, 6) is -0.0279. The van der Waals surface area contributed by atoms with Crippen molar-refractivity contribution in [2.24, 2.45) is 0 Å². The fourth-order valence-electron chi connectivity index (χ4n) is 2.46. The Kier molecular flexibility index (Phi) is 5.79. The van der Waals surface area contributed by atoms with Crippen LogP contribution in [0.25, 0.3) is 0 Å². The largest absolute Gasteiger partial charge is 0.434 e. The number of aliphatic hydroxyl groups is 1. The fourth-order valence-corrected chi connectivity index (χ4v) is 2.66. The van der Waals surface area contributed by atoms with Crippen LogP contribution in [-0.4, -0.2) is 41.8 Å². The van der Waals surface area contributed by atoms with E-state index < -0.39 is 6.61 Å². The van der Waals surface area contributed by atoms with E-state index in [0.29, 0.717) is 17.1 Å². The van der Waals surface area contributed by atoms with Crippen molar-refractivity contribution in [3.63, 3.8) is 0 Å². The van der Waals surface area contributed by atoms with Gasteiger partial charge in [0.15, 0.2) is 0 Å². The zero-order valence-electron chi connectivity index (χ0n) is 11.8. The molecule has 0 aromatic heterocycles. The van der Waals surface area contributed by atoms with Crippen molar-refractivity contribution in [1.82, 2.24) is 10.2 Å². The molecule has 1 aromatic carbocycles. The average molecular weight is 335 g/mol. The van der Waals surface area contributed by atoms with Crippen molar-refractivity contribution in [3.05, 3.63) is 28.8 Å². The van der Waals surface area contributed by atoms with Crippen LogP contribution in [0.1, 0.15) is 18.4 Å². The molecular weight excluding hydrogens is 318 g/mol. The third-order valence-electron chi connectivity index (χ3n) is 3.52. The van der Waals surface area contributed by atoms with Crippen LogP contribution in [0, 0.1) is 0 Å². The molecule has 0 aliphatic carbocycles. The summed E-state index contributed by atoms with van der Waals surface area (Å²) in [5, 5.41) is 12.2. The maximum absolute atomic E-state index is 12.4. The Hall–Kier alpha value is -1.60. The Labute approximate surface area is 131 Å². The molecule has 1 aliphatic heterocycles. The minimum atomic E-state index is -2.95. The molecule has 5 nitrogen and oxygen atoms in total. The third-order valence-corrected chi connectivity index (χ3v) is 3.75. The highest BCUT2D eigenvalue weighted by Gasteiger charge is 2.27. The number of benzene rings is 1. The first-order valence-corrected chi connectivity index (χ1v) is 7.27. The van der Waals surface area contributed by atoms with Crippen LogP contribution in [0.3, 0.4) is 0 Å². The van der Waals surface area contributed by atoms with Crippen LogP contribution in [-0.2, 0) is 6.54 Å². The summed E-state index contributed by atoms with van der Waals surface area (Å²) in [6.07, 6.45) is 1.58. The molecule has 8 heteroatoms. The second-order valence-corrected chi connectivity index (χ2v) is 5.40. The van der Waals surface area contributed by atoms with Gasteiger partial charge >= 0.3 is 12.6 Å². The van der Waals surface area contributed by atoms with E-state index in [2.05, 4.69) is 10.1 Å². The number of aliphatic hydroxyl groups excluding tert-OH is 1. The number of hydrogen-bond donors (Lipinski definition) is 2. The van der Waals surface area contributed by atoms with Gasteiger partial charge in [0.2, 0.25) is 0 Å². The number of carbonyl (C=O) groups excluding carboxylic acids is 1. The van der Waals surface area contributed by atoms with Crippen molar-refractivity contribution in [3.8, 4) is 5.75 Å². The first-order valence-electron chi connectivity index (χ1n) is 6.90. The Morgan fingerprint density at radius 2 is 2.32 bits per heavy atom. The Balaban J connectivity index is 2.01. The molecule has 122 valence electrons. The van der Waals surface area contributed by atoms with Crippen LogP contribution in [0.5, 0.6) is 5.75 Å². The van der Waals surface area contributed by atoms with E-state index in [9.17, 15) is 18.7 Å². The molecular formula is C14H17ClF2N2O3. The van der Waals surface area contributed by atoms with Crippen molar-refractivity contribution >= 4 is 17.6 Å². The number of likely N-dealkylation sites (tertiary alicyclic amines) is 1. The first kappa shape index (κ1) is 16.8. The predicted octanol–water partition coefficient (Wildman–Crippen LogP) is 2.61. The Morgan fingerprint density at radius 1 is 1.55 bits per heavy atom. The number of nitrogens with one attached hydrogen (secondary N) is 1. The second-order valence-electron chi connectivity index (χ2n) is 4.96. The number of nitrogens with zero attached hydrogens (tertiary/aromatic N) is 1. The Bertz CT molecular complexity index is 531. The summed E-state index contributed by atoms with van der Waals surface area (Å²) in [5.41, 5.74) is 0.362. The zero-order chi connectivity index (χ0) is 16.1. The Morgan fingerprint density at radius 3 is 3.00 bits per heavy atom. The third kappa shape index (κ3) is 4.20. The van der Waals surface area contributed by atoms with Gasteiger partial charge in [-0.15, -0.1) is 0 Å². The molecule has 0 bridgehead atoms. The van der Waals surface area contributed by atoms with E-state index in [1.165, 1.54) is 23.1 Å². The van der Waals surface area contributed by atoms with Crippen LogP contribution in [0.4, 0.5) is 13.6 Å². The minimum absolute atomic E-state index is 0.0100. The topological polar surface area (TPSA) is 61.8 Å². The fraction of sp³-hybridized carbons (Fsp3) is 0.500. The van der Waals surface area contributed by atoms with Crippen LogP contribution in [0.2, 0.25) is 5.02 Å². The van der Waals surface area contributed by atoms with Gasteiger partial charge in [0.1, 0.15) is 5.75 Å². The molecule has 0 unspecified atom stereocenters. The average Bonchev–Trinajstić information content (AvgIpc) is 2.95. The van der Waals surface area contributed by atoms with Gasteiger partial charge in [-0.1, -0.05) is 11.6 Å². The molecule has 1 aliphatic rings. The van der Waals surface area contributed by atoms with Crippen LogP contribution in [0.15, 0.2) is 18.2 Å². The van der Waals surface area contributed by atoms with Gasteiger partial charge in [-0.3, -0.25) is 0 Å². The second kappa shape index (κ2) is 7.60. The van der Waals surface area contributed by atoms with E-state index in [-0.39, 0.29) is 31.0 Å². The number of halogens is 3. The number of ether oxygens (including phenoxy) is 1. The highest BCUT2D eigenvalue weighted by atomic mass is 35.5. The van der Waals surface area contributed by atoms with E-state index in [4.69, 9.17) is 11.6 Å².